The van der Waals surface area contributed by atoms with Crippen molar-refractivity contribution in [2.75, 3.05) is 0 Å². The molecule has 0 heterocycles. The van der Waals surface area contributed by atoms with Crippen molar-refractivity contribution in [3.8, 4) is 0 Å². The summed E-state index contributed by atoms with van der Waals surface area (Å²) in [5, 5.41) is 0. The predicted octanol–water partition coefficient (Wildman–Crippen LogP) is 2.66. The van der Waals surface area contributed by atoms with Crippen LogP contribution in [0.1, 0.15) is 5.56 Å². The molecular weight excluding hydrogens is 136 g/mol. The maximum absolute atomic E-state index is 3.86. The van der Waals surface area contributed by atoms with Crippen molar-refractivity contribution in [2.45, 2.75) is 6.92 Å². The third kappa shape index (κ3) is 1.34. The topological polar surface area (TPSA) is 24.7 Å². The Hall–Kier alpha value is -1.44. The SMILES string of the molecule is C=Nc1cccc(C)c1N=C. The standard InChI is InChI=1S/C9H10N2/c1-7-5-4-6-8(10-2)9(7)11-3/h4-6H,2-3H2,1H3. The average Bonchev–Trinajstić information content (AvgIpc) is 2.04. The van der Waals surface area contributed by atoms with Crippen molar-refractivity contribution in [1.29, 1.82) is 0 Å². The molecule has 0 aliphatic heterocycles. The highest BCUT2D eigenvalue weighted by molar-refractivity contribution is 5.69. The molecule has 0 aromatic heterocycles. The van der Waals surface area contributed by atoms with Crippen LogP contribution in [0.15, 0.2) is 28.2 Å². The molecular formula is C9H10N2. The predicted molar refractivity (Wildman–Crippen MR) is 49.6 cm³/mol. The molecule has 2 heteroatoms. The van der Waals surface area contributed by atoms with E-state index in [-0.39, 0.29) is 0 Å². The summed E-state index contributed by atoms with van der Waals surface area (Å²) in [6.07, 6.45) is 0. The number of rotatable bonds is 2. The molecule has 0 saturated carbocycles. The van der Waals surface area contributed by atoms with Gasteiger partial charge in [-0.3, -0.25) is 9.98 Å². The van der Waals surface area contributed by atoms with Crippen LogP contribution in [0.25, 0.3) is 0 Å². The summed E-state index contributed by atoms with van der Waals surface area (Å²) in [5.41, 5.74) is 2.69. The second kappa shape index (κ2) is 3.10. The first-order valence-electron chi connectivity index (χ1n) is 3.32. The number of para-hydroxylation sites is 1. The van der Waals surface area contributed by atoms with Gasteiger partial charge in [0.2, 0.25) is 0 Å². The van der Waals surface area contributed by atoms with Crippen LogP contribution in [0.2, 0.25) is 0 Å². The monoisotopic (exact) mass is 146 g/mol. The number of hydrogen-bond acceptors (Lipinski definition) is 2. The Morgan fingerprint density at radius 3 is 2.36 bits per heavy atom. The van der Waals surface area contributed by atoms with E-state index in [0.29, 0.717) is 0 Å². The molecule has 0 N–H and O–H groups in total. The van der Waals surface area contributed by atoms with E-state index in [9.17, 15) is 0 Å². The fraction of sp³-hybridized carbons (Fsp3) is 0.111. The third-order valence-corrected chi connectivity index (χ3v) is 1.54. The lowest BCUT2D eigenvalue weighted by atomic mass is 10.2. The first-order chi connectivity index (χ1) is 5.29. The van der Waals surface area contributed by atoms with Gasteiger partial charge in [0.1, 0.15) is 0 Å². The van der Waals surface area contributed by atoms with Gasteiger partial charge in [-0.05, 0) is 32.0 Å². The van der Waals surface area contributed by atoms with E-state index in [0.717, 1.165) is 16.9 Å². The lowest BCUT2D eigenvalue weighted by Crippen LogP contribution is -1.73. The molecule has 11 heavy (non-hydrogen) atoms. The molecule has 56 valence electrons. The van der Waals surface area contributed by atoms with Crippen LogP contribution in [-0.2, 0) is 0 Å². The maximum atomic E-state index is 3.86. The van der Waals surface area contributed by atoms with Crippen molar-refractivity contribution in [3.63, 3.8) is 0 Å². The van der Waals surface area contributed by atoms with Gasteiger partial charge in [-0.1, -0.05) is 12.1 Å². The zero-order valence-electron chi connectivity index (χ0n) is 6.54. The quantitative estimate of drug-likeness (QED) is 0.573. The van der Waals surface area contributed by atoms with E-state index in [2.05, 4.69) is 23.4 Å². The minimum atomic E-state index is 0.792. The molecule has 0 fully saturated rings. The maximum Gasteiger partial charge on any atom is 0.0907 e. The van der Waals surface area contributed by atoms with Gasteiger partial charge in [0.15, 0.2) is 0 Å². The van der Waals surface area contributed by atoms with Crippen LogP contribution in [0.5, 0.6) is 0 Å². The molecule has 1 aromatic carbocycles. The number of nitrogens with zero attached hydrogens (tertiary/aromatic N) is 2. The molecule has 0 aliphatic rings. The van der Waals surface area contributed by atoms with Gasteiger partial charge in [0, 0.05) is 0 Å². The number of aryl methyl sites for hydroxylation is 1. The Labute approximate surface area is 66.3 Å². The van der Waals surface area contributed by atoms with Crippen LogP contribution in [0, 0.1) is 6.92 Å². The van der Waals surface area contributed by atoms with Crippen molar-refractivity contribution >= 4 is 24.8 Å². The molecule has 0 aliphatic carbocycles. The lowest BCUT2D eigenvalue weighted by molar-refractivity contribution is 1.38. The molecule has 1 aromatic rings. The Morgan fingerprint density at radius 2 is 1.91 bits per heavy atom. The normalized spacial score (nSPS) is 9.18. The first-order valence-corrected chi connectivity index (χ1v) is 3.32. The van der Waals surface area contributed by atoms with E-state index in [1.165, 1.54) is 0 Å². The Morgan fingerprint density at radius 1 is 1.18 bits per heavy atom. The summed E-state index contributed by atoms with van der Waals surface area (Å²) in [7, 11) is 0. The summed E-state index contributed by atoms with van der Waals surface area (Å²) >= 11 is 0. The number of benzene rings is 1. The molecule has 1 rings (SSSR count). The zero-order valence-corrected chi connectivity index (χ0v) is 6.54. The number of hydrogen-bond donors (Lipinski definition) is 0. The van der Waals surface area contributed by atoms with E-state index >= 15 is 0 Å². The minimum absolute atomic E-state index is 0.792. The minimum Gasteiger partial charge on any atom is -0.262 e. The van der Waals surface area contributed by atoms with Gasteiger partial charge in [-0.25, -0.2) is 0 Å². The second-order valence-electron chi connectivity index (χ2n) is 2.26. The summed E-state index contributed by atoms with van der Waals surface area (Å²) in [6, 6.07) is 5.76. The summed E-state index contributed by atoms with van der Waals surface area (Å²) < 4.78 is 0. The van der Waals surface area contributed by atoms with Gasteiger partial charge in [0.25, 0.3) is 0 Å². The summed E-state index contributed by atoms with van der Waals surface area (Å²) in [5.74, 6) is 0. The van der Waals surface area contributed by atoms with Crippen LogP contribution >= 0.6 is 0 Å². The Balaban J connectivity index is 3.35. The Bertz CT molecular complexity index is 290. The van der Waals surface area contributed by atoms with Crippen molar-refractivity contribution in [2.24, 2.45) is 9.98 Å². The van der Waals surface area contributed by atoms with E-state index in [4.69, 9.17) is 0 Å². The second-order valence-corrected chi connectivity index (χ2v) is 2.26. The summed E-state index contributed by atoms with van der Waals surface area (Å²) in [6.45, 7) is 8.88. The highest BCUT2D eigenvalue weighted by Gasteiger charge is 1.99. The highest BCUT2D eigenvalue weighted by Crippen LogP contribution is 2.29. The summed E-state index contributed by atoms with van der Waals surface area (Å²) in [4.78, 5) is 7.68. The van der Waals surface area contributed by atoms with Crippen molar-refractivity contribution < 1.29 is 0 Å². The van der Waals surface area contributed by atoms with Gasteiger partial charge >= 0.3 is 0 Å². The molecule has 0 unspecified atom stereocenters. The van der Waals surface area contributed by atoms with Gasteiger partial charge in [-0.15, -0.1) is 0 Å². The zero-order chi connectivity index (χ0) is 8.27. The van der Waals surface area contributed by atoms with Crippen molar-refractivity contribution in [1.82, 2.24) is 0 Å². The molecule has 0 atom stereocenters. The molecule has 2 nitrogen and oxygen atoms in total. The number of aliphatic imine (C=N–C) groups is 2. The third-order valence-electron chi connectivity index (χ3n) is 1.54. The van der Waals surface area contributed by atoms with Crippen molar-refractivity contribution in [3.05, 3.63) is 23.8 Å². The highest BCUT2D eigenvalue weighted by atomic mass is 14.8. The van der Waals surface area contributed by atoms with Gasteiger partial charge < -0.3 is 0 Å². The van der Waals surface area contributed by atoms with Gasteiger partial charge in [0.05, 0.1) is 11.4 Å². The smallest absolute Gasteiger partial charge is 0.0907 e. The van der Waals surface area contributed by atoms with Crippen LogP contribution in [0.4, 0.5) is 11.4 Å². The van der Waals surface area contributed by atoms with E-state index in [1.807, 2.05) is 25.1 Å². The average molecular weight is 146 g/mol. The fourth-order valence-electron chi connectivity index (χ4n) is 0.977. The lowest BCUT2D eigenvalue weighted by Gasteiger charge is -2.01. The van der Waals surface area contributed by atoms with Gasteiger partial charge in [-0.2, -0.15) is 0 Å². The fourth-order valence-corrected chi connectivity index (χ4v) is 0.977. The molecule has 0 bridgehead atoms. The molecule has 0 saturated heterocycles. The molecule has 0 radical (unpaired) electrons. The van der Waals surface area contributed by atoms with Crippen LogP contribution < -0.4 is 0 Å². The molecule has 0 amide bonds. The Kier molecular flexibility index (Phi) is 2.16. The van der Waals surface area contributed by atoms with Crippen LogP contribution in [-0.4, -0.2) is 13.4 Å². The van der Waals surface area contributed by atoms with E-state index < -0.39 is 0 Å². The van der Waals surface area contributed by atoms with E-state index in [1.54, 1.807) is 0 Å². The largest absolute Gasteiger partial charge is 0.262 e. The first kappa shape index (κ1) is 7.66. The van der Waals surface area contributed by atoms with Crippen LogP contribution in [0.3, 0.4) is 0 Å². The molecule has 0 spiro atoms.